The molecule has 96 valence electrons. The van der Waals surface area contributed by atoms with Gasteiger partial charge in [0.2, 0.25) is 5.88 Å². The molecular weight excluding hydrogens is 272 g/mol. The van der Waals surface area contributed by atoms with Crippen molar-refractivity contribution < 1.29 is 9.52 Å². The predicted molar refractivity (Wildman–Crippen MR) is 69.1 cm³/mol. The first kappa shape index (κ1) is 11.6. The van der Waals surface area contributed by atoms with E-state index >= 15 is 0 Å². The van der Waals surface area contributed by atoms with E-state index in [4.69, 9.17) is 16.0 Å². The van der Waals surface area contributed by atoms with Crippen molar-refractivity contribution in [2.45, 2.75) is 0 Å². The fourth-order valence-electron chi connectivity index (χ4n) is 1.83. The molecule has 0 fully saturated rings. The number of phenolic OH excluding ortho intramolecular Hbond substituents is 1. The molecule has 0 aliphatic rings. The molecule has 6 nitrogen and oxygen atoms in total. The zero-order valence-electron chi connectivity index (χ0n) is 9.38. The first-order valence-corrected chi connectivity index (χ1v) is 5.68. The lowest BCUT2D eigenvalue weighted by atomic mass is 10.2. The number of phenols is 1. The van der Waals surface area contributed by atoms with Crippen LogP contribution in [0.5, 0.6) is 5.75 Å². The van der Waals surface area contributed by atoms with Crippen LogP contribution >= 0.6 is 11.6 Å². The highest BCUT2D eigenvalue weighted by Crippen LogP contribution is 2.17. The molecule has 0 saturated heterocycles. The molecule has 0 unspecified atom stereocenters. The fourth-order valence-corrected chi connectivity index (χ4v) is 1.97. The quantitative estimate of drug-likeness (QED) is 0.708. The highest BCUT2D eigenvalue weighted by atomic mass is 35.5. The lowest BCUT2D eigenvalue weighted by molar-refractivity contribution is 0.476. The van der Waals surface area contributed by atoms with E-state index in [1.165, 1.54) is 30.3 Å². The molecule has 3 aromatic rings. The average molecular weight is 279 g/mol. The number of aromatic nitrogens is 2. The summed E-state index contributed by atoms with van der Waals surface area (Å²) in [7, 11) is 0. The van der Waals surface area contributed by atoms with Crippen LogP contribution in [0, 0.1) is 0 Å². The van der Waals surface area contributed by atoms with Crippen LogP contribution < -0.4 is 11.2 Å². The molecule has 1 aromatic carbocycles. The van der Waals surface area contributed by atoms with Crippen LogP contribution in [0.25, 0.3) is 16.8 Å². The number of aromatic hydroxyl groups is 1. The minimum atomic E-state index is -0.672. The summed E-state index contributed by atoms with van der Waals surface area (Å²) in [5, 5.41) is 9.67. The number of halogens is 1. The summed E-state index contributed by atoms with van der Waals surface area (Å²) in [5.41, 5.74) is -0.970. The monoisotopic (exact) mass is 278 g/mol. The van der Waals surface area contributed by atoms with Gasteiger partial charge in [0.25, 0.3) is 5.56 Å². The number of benzene rings is 1. The van der Waals surface area contributed by atoms with E-state index in [9.17, 15) is 14.7 Å². The lowest BCUT2D eigenvalue weighted by Gasteiger charge is -2.03. The zero-order chi connectivity index (χ0) is 13.6. The topological polar surface area (TPSA) is 88.2 Å². The smallest absolute Gasteiger partial charge is 0.335 e. The van der Waals surface area contributed by atoms with Crippen molar-refractivity contribution in [3.05, 3.63) is 56.4 Å². The predicted octanol–water partition coefficient (Wildman–Crippen LogP) is 1.63. The van der Waals surface area contributed by atoms with Crippen LogP contribution in [0.15, 0.2) is 44.3 Å². The molecule has 0 saturated carbocycles. The second-order valence-electron chi connectivity index (χ2n) is 3.88. The van der Waals surface area contributed by atoms with Crippen LogP contribution in [0.2, 0.25) is 5.22 Å². The Hall–Kier alpha value is -2.47. The van der Waals surface area contributed by atoms with Crippen molar-refractivity contribution in [1.29, 1.82) is 0 Å². The van der Waals surface area contributed by atoms with Gasteiger partial charge in [-0.05, 0) is 29.8 Å². The number of hydrogen-bond donors (Lipinski definition) is 2. The second-order valence-corrected chi connectivity index (χ2v) is 4.25. The summed E-state index contributed by atoms with van der Waals surface area (Å²) >= 11 is 5.63. The Morgan fingerprint density at radius 3 is 2.68 bits per heavy atom. The standard InChI is InChI=1S/C12H7ClN2O4/c13-9-3-4-10(19-9)15-11(17)7-2-1-6(16)5-8(7)14-12(15)18/h1-5,16H,(H,14,18). The van der Waals surface area contributed by atoms with Crippen LogP contribution in [-0.4, -0.2) is 14.7 Å². The number of aromatic amines is 1. The summed E-state index contributed by atoms with van der Waals surface area (Å²) < 4.78 is 5.90. The molecule has 2 aromatic heterocycles. The van der Waals surface area contributed by atoms with Crippen LogP contribution in [0.3, 0.4) is 0 Å². The first-order chi connectivity index (χ1) is 9.06. The van der Waals surface area contributed by atoms with E-state index in [0.717, 1.165) is 4.57 Å². The number of fused-ring (bicyclic) bond motifs is 1. The minimum absolute atomic E-state index is 0.0335. The molecule has 0 amide bonds. The van der Waals surface area contributed by atoms with E-state index in [1.807, 2.05) is 0 Å². The Bertz CT molecular complexity index is 891. The summed E-state index contributed by atoms with van der Waals surface area (Å²) in [6.07, 6.45) is 0. The van der Waals surface area contributed by atoms with Gasteiger partial charge in [-0.25, -0.2) is 4.79 Å². The molecule has 2 N–H and O–H groups in total. The summed E-state index contributed by atoms with van der Waals surface area (Å²) in [5.74, 6) is -0.00688. The maximum atomic E-state index is 12.2. The van der Waals surface area contributed by atoms with Crippen molar-refractivity contribution in [3.63, 3.8) is 0 Å². The number of nitrogens with zero attached hydrogens (tertiary/aromatic N) is 1. The molecule has 0 radical (unpaired) electrons. The minimum Gasteiger partial charge on any atom is -0.508 e. The molecule has 0 bridgehead atoms. The number of furan rings is 1. The highest BCUT2D eigenvalue weighted by Gasteiger charge is 2.12. The van der Waals surface area contributed by atoms with E-state index < -0.39 is 11.2 Å². The lowest BCUT2D eigenvalue weighted by Crippen LogP contribution is -2.33. The third kappa shape index (κ3) is 1.82. The molecule has 2 heterocycles. The van der Waals surface area contributed by atoms with Gasteiger partial charge < -0.3 is 14.5 Å². The molecule has 0 spiro atoms. The van der Waals surface area contributed by atoms with Gasteiger partial charge in [0, 0.05) is 12.1 Å². The van der Waals surface area contributed by atoms with Crippen molar-refractivity contribution in [3.8, 4) is 11.6 Å². The van der Waals surface area contributed by atoms with Crippen LogP contribution in [-0.2, 0) is 0 Å². The fraction of sp³-hybridized carbons (Fsp3) is 0. The molecule has 0 aliphatic heterocycles. The molecule has 7 heteroatoms. The number of nitrogens with one attached hydrogen (secondary N) is 1. The highest BCUT2D eigenvalue weighted by molar-refractivity contribution is 6.28. The van der Waals surface area contributed by atoms with Gasteiger partial charge in [0.1, 0.15) is 5.75 Å². The Kier molecular flexibility index (Phi) is 2.46. The third-order valence-electron chi connectivity index (χ3n) is 2.66. The first-order valence-electron chi connectivity index (χ1n) is 5.30. The van der Waals surface area contributed by atoms with Crippen molar-refractivity contribution in [2.24, 2.45) is 0 Å². The summed E-state index contributed by atoms with van der Waals surface area (Å²) in [6, 6.07) is 6.94. The van der Waals surface area contributed by atoms with Gasteiger partial charge in [-0.3, -0.25) is 4.79 Å². The number of rotatable bonds is 1. The SMILES string of the molecule is O=c1[nH]c2cc(O)ccc2c(=O)n1-c1ccc(Cl)o1. The van der Waals surface area contributed by atoms with Crippen molar-refractivity contribution in [1.82, 2.24) is 9.55 Å². The van der Waals surface area contributed by atoms with Crippen LogP contribution in [0.4, 0.5) is 0 Å². The Balaban J connectivity index is 2.41. The van der Waals surface area contributed by atoms with Gasteiger partial charge in [0.15, 0.2) is 5.22 Å². The number of hydrogen-bond acceptors (Lipinski definition) is 4. The van der Waals surface area contributed by atoms with Crippen molar-refractivity contribution >= 4 is 22.5 Å². The van der Waals surface area contributed by atoms with E-state index in [2.05, 4.69) is 4.98 Å². The summed E-state index contributed by atoms with van der Waals surface area (Å²) in [6.45, 7) is 0. The molecule has 0 aliphatic carbocycles. The molecule has 19 heavy (non-hydrogen) atoms. The van der Waals surface area contributed by atoms with Gasteiger partial charge >= 0.3 is 5.69 Å². The molecule has 0 atom stereocenters. The van der Waals surface area contributed by atoms with Gasteiger partial charge in [-0.1, -0.05) is 0 Å². The Labute approximate surface area is 110 Å². The number of H-pyrrole nitrogens is 1. The normalized spacial score (nSPS) is 11.0. The molecule has 3 rings (SSSR count). The summed E-state index contributed by atoms with van der Waals surface area (Å²) in [4.78, 5) is 26.6. The molecular formula is C12H7ClN2O4. The second kappa shape index (κ2) is 4.03. The maximum absolute atomic E-state index is 12.2. The van der Waals surface area contributed by atoms with Crippen LogP contribution in [0.1, 0.15) is 0 Å². The average Bonchev–Trinajstić information content (AvgIpc) is 2.75. The van der Waals surface area contributed by atoms with Gasteiger partial charge in [-0.2, -0.15) is 4.57 Å². The van der Waals surface area contributed by atoms with Crippen molar-refractivity contribution in [2.75, 3.05) is 0 Å². The van der Waals surface area contributed by atoms with Gasteiger partial charge in [-0.15, -0.1) is 0 Å². The van der Waals surface area contributed by atoms with E-state index in [0.29, 0.717) is 0 Å². The maximum Gasteiger partial charge on any atom is 0.335 e. The van der Waals surface area contributed by atoms with E-state index in [1.54, 1.807) is 0 Å². The van der Waals surface area contributed by atoms with Gasteiger partial charge in [0.05, 0.1) is 10.9 Å². The zero-order valence-corrected chi connectivity index (χ0v) is 10.1. The largest absolute Gasteiger partial charge is 0.508 e. The Morgan fingerprint density at radius 2 is 2.00 bits per heavy atom. The third-order valence-corrected chi connectivity index (χ3v) is 2.86. The Morgan fingerprint density at radius 1 is 1.21 bits per heavy atom. The van der Waals surface area contributed by atoms with E-state index in [-0.39, 0.29) is 27.8 Å².